The van der Waals surface area contributed by atoms with Crippen LogP contribution in [0.15, 0.2) is 18.2 Å². The summed E-state index contributed by atoms with van der Waals surface area (Å²) in [4.78, 5) is 0. The lowest BCUT2D eigenvalue weighted by Gasteiger charge is -2.07. The Bertz CT molecular complexity index is 420. The molecule has 0 atom stereocenters. The average molecular weight is 228 g/mol. The first-order valence-electron chi connectivity index (χ1n) is 4.69. The van der Waals surface area contributed by atoms with Gasteiger partial charge in [-0.3, -0.25) is 0 Å². The summed E-state index contributed by atoms with van der Waals surface area (Å²) >= 11 is 0. The highest BCUT2D eigenvalue weighted by atomic mass is 32.2. The van der Waals surface area contributed by atoms with E-state index < -0.39 is 10.0 Å². The van der Waals surface area contributed by atoms with Crippen LogP contribution in [0.1, 0.15) is 11.1 Å². The summed E-state index contributed by atoms with van der Waals surface area (Å²) in [5.41, 5.74) is 3.22. The first kappa shape index (κ1) is 12.0. The van der Waals surface area contributed by atoms with E-state index in [0.29, 0.717) is 6.54 Å². The van der Waals surface area contributed by atoms with Gasteiger partial charge in [-0.15, -0.1) is 0 Å². The zero-order chi connectivity index (χ0) is 11.5. The van der Waals surface area contributed by atoms with Gasteiger partial charge in [0, 0.05) is 12.2 Å². The zero-order valence-corrected chi connectivity index (χ0v) is 9.76. The highest BCUT2D eigenvalue weighted by Crippen LogP contribution is 2.13. The van der Waals surface area contributed by atoms with E-state index >= 15 is 0 Å². The average Bonchev–Trinajstić information content (AvgIpc) is 1.99. The number of primary sulfonamides is 1. The van der Waals surface area contributed by atoms with E-state index in [4.69, 9.17) is 5.14 Å². The standard InChI is InChI=1S/C10H16N2O2S/c1-8-5-9(2)7-10(6-8)12-3-4-15(11,13)14/h5-7,12H,3-4H2,1-2H3,(H2,11,13,14). The fraction of sp³-hybridized carbons (Fsp3) is 0.400. The topological polar surface area (TPSA) is 72.2 Å². The molecule has 0 amide bonds. The van der Waals surface area contributed by atoms with Crippen molar-refractivity contribution in [2.75, 3.05) is 17.6 Å². The zero-order valence-electron chi connectivity index (χ0n) is 8.95. The van der Waals surface area contributed by atoms with Gasteiger partial charge in [0.25, 0.3) is 0 Å². The van der Waals surface area contributed by atoms with Crippen LogP contribution >= 0.6 is 0 Å². The number of nitrogens with one attached hydrogen (secondary N) is 1. The second-order valence-corrected chi connectivity index (χ2v) is 5.40. The molecule has 3 N–H and O–H groups in total. The van der Waals surface area contributed by atoms with Gasteiger partial charge in [0.15, 0.2) is 0 Å². The first-order chi connectivity index (χ1) is 6.87. The third kappa shape index (κ3) is 4.80. The molecule has 1 aromatic carbocycles. The third-order valence-electron chi connectivity index (χ3n) is 1.94. The molecule has 1 aromatic rings. The van der Waals surface area contributed by atoms with E-state index in [-0.39, 0.29) is 5.75 Å². The van der Waals surface area contributed by atoms with Gasteiger partial charge in [-0.2, -0.15) is 0 Å². The maximum Gasteiger partial charge on any atom is 0.210 e. The molecule has 15 heavy (non-hydrogen) atoms. The van der Waals surface area contributed by atoms with Gasteiger partial charge >= 0.3 is 0 Å². The molecule has 84 valence electrons. The smallest absolute Gasteiger partial charge is 0.210 e. The number of aryl methyl sites for hydroxylation is 2. The highest BCUT2D eigenvalue weighted by molar-refractivity contribution is 7.89. The number of anilines is 1. The van der Waals surface area contributed by atoms with Gasteiger partial charge in [-0.05, 0) is 37.1 Å². The summed E-state index contributed by atoms with van der Waals surface area (Å²) in [6.07, 6.45) is 0. The first-order valence-corrected chi connectivity index (χ1v) is 6.41. The summed E-state index contributed by atoms with van der Waals surface area (Å²) in [6.45, 7) is 4.33. The van der Waals surface area contributed by atoms with Gasteiger partial charge in [-0.25, -0.2) is 13.6 Å². The predicted molar refractivity (Wildman–Crippen MR) is 62.4 cm³/mol. The summed E-state index contributed by atoms with van der Waals surface area (Å²) in [7, 11) is -3.38. The van der Waals surface area contributed by atoms with Crippen LogP contribution < -0.4 is 10.5 Å². The fourth-order valence-electron chi connectivity index (χ4n) is 1.41. The largest absolute Gasteiger partial charge is 0.384 e. The normalized spacial score (nSPS) is 11.4. The molecule has 0 radical (unpaired) electrons. The lowest BCUT2D eigenvalue weighted by atomic mass is 10.1. The Morgan fingerprint density at radius 2 is 1.73 bits per heavy atom. The number of nitrogens with two attached hydrogens (primary N) is 1. The third-order valence-corrected chi connectivity index (χ3v) is 2.71. The van der Waals surface area contributed by atoms with Crippen LogP contribution in [0.2, 0.25) is 0 Å². The van der Waals surface area contributed by atoms with E-state index in [0.717, 1.165) is 16.8 Å². The van der Waals surface area contributed by atoms with Gasteiger partial charge in [0.1, 0.15) is 0 Å². The molecular weight excluding hydrogens is 212 g/mol. The van der Waals surface area contributed by atoms with Crippen molar-refractivity contribution in [3.8, 4) is 0 Å². The summed E-state index contributed by atoms with van der Waals surface area (Å²) in [5.74, 6) is -0.0556. The maximum atomic E-state index is 10.7. The van der Waals surface area contributed by atoms with Crippen molar-refractivity contribution in [2.24, 2.45) is 5.14 Å². The van der Waals surface area contributed by atoms with Crippen molar-refractivity contribution in [3.63, 3.8) is 0 Å². The molecule has 0 saturated heterocycles. The van der Waals surface area contributed by atoms with Gasteiger partial charge in [0.05, 0.1) is 5.75 Å². The lowest BCUT2D eigenvalue weighted by molar-refractivity contribution is 0.598. The second-order valence-electron chi connectivity index (χ2n) is 3.67. The highest BCUT2D eigenvalue weighted by Gasteiger charge is 2.01. The van der Waals surface area contributed by atoms with Crippen LogP contribution in [-0.4, -0.2) is 20.7 Å². The molecule has 4 nitrogen and oxygen atoms in total. The van der Waals surface area contributed by atoms with Crippen molar-refractivity contribution < 1.29 is 8.42 Å². The molecule has 0 fully saturated rings. The molecule has 0 aliphatic heterocycles. The van der Waals surface area contributed by atoms with Crippen molar-refractivity contribution in [3.05, 3.63) is 29.3 Å². The van der Waals surface area contributed by atoms with Gasteiger partial charge in [0.2, 0.25) is 10.0 Å². The summed E-state index contributed by atoms with van der Waals surface area (Å²) < 4.78 is 21.4. The number of rotatable bonds is 4. The van der Waals surface area contributed by atoms with Gasteiger partial charge in [-0.1, -0.05) is 6.07 Å². The minimum Gasteiger partial charge on any atom is -0.384 e. The number of hydrogen-bond donors (Lipinski definition) is 2. The van der Waals surface area contributed by atoms with Crippen LogP contribution in [-0.2, 0) is 10.0 Å². The lowest BCUT2D eigenvalue weighted by Crippen LogP contribution is -2.22. The Kier molecular flexibility index (Phi) is 3.71. The molecule has 0 aliphatic rings. The predicted octanol–water partition coefficient (Wildman–Crippen LogP) is 1.00. The van der Waals surface area contributed by atoms with Crippen LogP contribution in [0.4, 0.5) is 5.69 Å². The maximum absolute atomic E-state index is 10.7. The molecule has 0 bridgehead atoms. The van der Waals surface area contributed by atoms with Crippen molar-refractivity contribution >= 4 is 15.7 Å². The van der Waals surface area contributed by atoms with Crippen LogP contribution in [0.3, 0.4) is 0 Å². The summed E-state index contributed by atoms with van der Waals surface area (Å²) in [6, 6.07) is 6.00. The molecule has 0 spiro atoms. The molecule has 0 aliphatic carbocycles. The van der Waals surface area contributed by atoms with Crippen molar-refractivity contribution in [2.45, 2.75) is 13.8 Å². The molecule has 5 heteroatoms. The summed E-state index contributed by atoms with van der Waals surface area (Å²) in [5, 5.41) is 7.92. The fourth-order valence-corrected chi connectivity index (χ4v) is 1.80. The Morgan fingerprint density at radius 3 is 2.20 bits per heavy atom. The van der Waals surface area contributed by atoms with Crippen LogP contribution in [0, 0.1) is 13.8 Å². The van der Waals surface area contributed by atoms with E-state index in [1.165, 1.54) is 0 Å². The van der Waals surface area contributed by atoms with E-state index in [9.17, 15) is 8.42 Å². The molecule has 0 unspecified atom stereocenters. The van der Waals surface area contributed by atoms with Gasteiger partial charge < -0.3 is 5.32 Å². The van der Waals surface area contributed by atoms with E-state index in [1.807, 2.05) is 26.0 Å². The molecule has 0 heterocycles. The quantitative estimate of drug-likeness (QED) is 0.807. The number of hydrogen-bond acceptors (Lipinski definition) is 3. The Balaban J connectivity index is 2.58. The van der Waals surface area contributed by atoms with Crippen LogP contribution in [0.25, 0.3) is 0 Å². The molecule has 0 saturated carbocycles. The molecule has 1 rings (SSSR count). The van der Waals surface area contributed by atoms with E-state index in [1.54, 1.807) is 0 Å². The van der Waals surface area contributed by atoms with E-state index in [2.05, 4.69) is 11.4 Å². The number of sulfonamides is 1. The SMILES string of the molecule is Cc1cc(C)cc(NCCS(N)(=O)=O)c1. The Labute approximate surface area is 90.5 Å². The minimum atomic E-state index is -3.38. The molecular formula is C10H16N2O2S. The Morgan fingerprint density at radius 1 is 1.20 bits per heavy atom. The Hall–Kier alpha value is -1.07. The molecule has 0 aromatic heterocycles. The minimum absolute atomic E-state index is 0.0556. The van der Waals surface area contributed by atoms with Crippen molar-refractivity contribution in [1.82, 2.24) is 0 Å². The monoisotopic (exact) mass is 228 g/mol. The second kappa shape index (κ2) is 4.63. The van der Waals surface area contributed by atoms with Crippen LogP contribution in [0.5, 0.6) is 0 Å². The van der Waals surface area contributed by atoms with Crippen molar-refractivity contribution in [1.29, 1.82) is 0 Å². The number of benzene rings is 1.